The number of thioether (sulfide) groups is 1. The molecule has 3 saturated heterocycles. The van der Waals surface area contributed by atoms with Crippen LogP contribution in [0.4, 0.5) is 5.69 Å². The predicted molar refractivity (Wildman–Crippen MR) is 183 cm³/mol. The summed E-state index contributed by atoms with van der Waals surface area (Å²) in [5.74, 6) is -1.71. The Labute approximate surface area is 273 Å². The molecular formula is C35H44BrN3O4S. The van der Waals surface area contributed by atoms with Crippen LogP contribution in [0.3, 0.4) is 0 Å². The lowest BCUT2D eigenvalue weighted by atomic mass is 9.70. The number of halogens is 1. The van der Waals surface area contributed by atoms with E-state index in [0.29, 0.717) is 19.5 Å². The van der Waals surface area contributed by atoms with Gasteiger partial charge >= 0.3 is 0 Å². The molecule has 2 aromatic rings. The number of hydrogen-bond donors (Lipinski definition) is 1. The van der Waals surface area contributed by atoms with Crippen molar-refractivity contribution in [1.82, 2.24) is 9.80 Å². The number of rotatable bonds is 13. The van der Waals surface area contributed by atoms with Crippen LogP contribution >= 0.6 is 27.7 Å². The monoisotopic (exact) mass is 681 g/mol. The van der Waals surface area contributed by atoms with E-state index in [-0.39, 0.29) is 46.9 Å². The minimum Gasteiger partial charge on any atom is -0.394 e. The van der Waals surface area contributed by atoms with Gasteiger partial charge in [0.05, 0.1) is 29.2 Å². The van der Waals surface area contributed by atoms with E-state index in [2.05, 4.69) is 29.1 Å². The van der Waals surface area contributed by atoms with Crippen molar-refractivity contribution in [1.29, 1.82) is 0 Å². The smallest absolute Gasteiger partial charge is 0.251 e. The number of benzene rings is 2. The summed E-state index contributed by atoms with van der Waals surface area (Å²) in [5.41, 5.74) is 0.727. The molecule has 5 rings (SSSR count). The van der Waals surface area contributed by atoms with Crippen molar-refractivity contribution >= 4 is 61.9 Å². The first-order chi connectivity index (χ1) is 21.2. The van der Waals surface area contributed by atoms with E-state index in [9.17, 15) is 14.7 Å². The number of likely N-dealkylation sites (tertiary alicyclic amines) is 1. The average molecular weight is 683 g/mol. The summed E-state index contributed by atoms with van der Waals surface area (Å²) < 4.78 is -0.809. The number of carbonyl (C=O) groups excluding carboxylic acids is 3. The topological polar surface area (TPSA) is 81.2 Å². The van der Waals surface area contributed by atoms with Crippen LogP contribution in [0.2, 0.25) is 0 Å². The van der Waals surface area contributed by atoms with Gasteiger partial charge in [0.1, 0.15) is 6.04 Å². The van der Waals surface area contributed by atoms with Crippen molar-refractivity contribution in [3.63, 3.8) is 0 Å². The molecule has 1 spiro atoms. The van der Waals surface area contributed by atoms with Crippen molar-refractivity contribution < 1.29 is 19.5 Å². The molecule has 3 fully saturated rings. The number of aliphatic hydroxyl groups excluding tert-OH is 1. The molecule has 3 amide bonds. The van der Waals surface area contributed by atoms with Crippen LogP contribution in [0.5, 0.6) is 0 Å². The lowest BCUT2D eigenvalue weighted by molar-refractivity contribution is -0.146. The molecule has 236 valence electrons. The molecule has 0 aliphatic carbocycles. The van der Waals surface area contributed by atoms with Gasteiger partial charge in [0, 0.05) is 35.4 Å². The number of hydrogen-bond acceptors (Lipinski definition) is 5. The first kappa shape index (κ1) is 32.8. The van der Waals surface area contributed by atoms with Gasteiger partial charge in [0.15, 0.2) is 0 Å². The van der Waals surface area contributed by atoms with Crippen LogP contribution in [-0.4, -0.2) is 85.8 Å². The zero-order chi connectivity index (χ0) is 31.8. The molecule has 1 N–H and O–H groups in total. The number of fused-ring (bicyclic) bond motifs is 2. The molecule has 3 unspecified atom stereocenters. The normalized spacial score (nSPS) is 28.5. The average Bonchev–Trinajstić information content (AvgIpc) is 3.62. The molecule has 0 radical (unpaired) electrons. The summed E-state index contributed by atoms with van der Waals surface area (Å²) in [6, 6.07) is 12.6. The van der Waals surface area contributed by atoms with Gasteiger partial charge in [-0.05, 0) is 41.7 Å². The fourth-order valence-corrected chi connectivity index (χ4v) is 11.3. The van der Waals surface area contributed by atoms with Gasteiger partial charge in [-0.1, -0.05) is 85.6 Å². The second-order valence-electron chi connectivity index (χ2n) is 12.4. The van der Waals surface area contributed by atoms with Crippen LogP contribution < -0.4 is 4.90 Å². The molecule has 3 aliphatic rings. The van der Waals surface area contributed by atoms with Crippen molar-refractivity contribution in [2.24, 2.45) is 17.8 Å². The first-order valence-corrected chi connectivity index (χ1v) is 17.5. The van der Waals surface area contributed by atoms with Crippen LogP contribution in [0.1, 0.15) is 40.0 Å². The third-order valence-corrected chi connectivity index (χ3v) is 13.1. The van der Waals surface area contributed by atoms with Crippen molar-refractivity contribution in [3.05, 3.63) is 67.8 Å². The Bertz CT molecular complexity index is 1440. The minimum atomic E-state index is -0.843. The van der Waals surface area contributed by atoms with Crippen LogP contribution in [0.15, 0.2) is 67.8 Å². The van der Waals surface area contributed by atoms with E-state index in [0.717, 1.165) is 29.3 Å². The van der Waals surface area contributed by atoms with Gasteiger partial charge in [-0.3, -0.25) is 14.4 Å². The Morgan fingerprint density at radius 2 is 1.84 bits per heavy atom. The Morgan fingerprint density at radius 1 is 1.14 bits per heavy atom. The summed E-state index contributed by atoms with van der Waals surface area (Å²) >= 11 is 5.52. The summed E-state index contributed by atoms with van der Waals surface area (Å²) in [5, 5.41) is 12.7. The fourth-order valence-electron chi connectivity index (χ4n) is 7.67. The van der Waals surface area contributed by atoms with Gasteiger partial charge in [0.25, 0.3) is 5.91 Å². The van der Waals surface area contributed by atoms with Crippen LogP contribution in [0.25, 0.3) is 10.8 Å². The third kappa shape index (κ3) is 5.32. The van der Waals surface area contributed by atoms with Gasteiger partial charge < -0.3 is 19.8 Å². The van der Waals surface area contributed by atoms with Gasteiger partial charge in [0.2, 0.25) is 11.8 Å². The quantitative estimate of drug-likeness (QED) is 0.218. The second-order valence-corrected chi connectivity index (χ2v) is 15.1. The molecule has 8 atom stereocenters. The number of carbonyl (C=O) groups is 3. The van der Waals surface area contributed by atoms with Crippen LogP contribution in [-0.2, 0) is 14.4 Å². The van der Waals surface area contributed by atoms with Gasteiger partial charge in [-0.2, -0.15) is 0 Å². The van der Waals surface area contributed by atoms with Crippen molar-refractivity contribution in [2.45, 2.75) is 66.9 Å². The van der Waals surface area contributed by atoms with Crippen molar-refractivity contribution in [3.8, 4) is 0 Å². The summed E-state index contributed by atoms with van der Waals surface area (Å²) in [7, 11) is 0. The zero-order valence-corrected chi connectivity index (χ0v) is 28.3. The lowest BCUT2D eigenvalue weighted by Gasteiger charge is -2.41. The largest absolute Gasteiger partial charge is 0.394 e. The molecular weight excluding hydrogens is 638 g/mol. The Morgan fingerprint density at radius 3 is 2.48 bits per heavy atom. The highest BCUT2D eigenvalue weighted by molar-refractivity contribution is 9.09. The first-order valence-electron chi connectivity index (χ1n) is 15.7. The summed E-state index contributed by atoms with van der Waals surface area (Å²) in [4.78, 5) is 49.3. The molecule has 0 saturated carbocycles. The fraction of sp³-hybridized carbons (Fsp3) is 0.514. The number of nitrogens with zero attached hydrogens (tertiary/aromatic N) is 3. The minimum absolute atomic E-state index is 0.0299. The highest BCUT2D eigenvalue weighted by Crippen LogP contribution is 2.68. The van der Waals surface area contributed by atoms with E-state index in [1.807, 2.05) is 63.2 Å². The molecule has 7 nitrogen and oxygen atoms in total. The maximum atomic E-state index is 15.1. The second kappa shape index (κ2) is 13.4. The number of aliphatic hydroxyl groups is 1. The molecule has 44 heavy (non-hydrogen) atoms. The lowest BCUT2D eigenvalue weighted by Crippen LogP contribution is -2.59. The Hall–Kier alpha value is -2.62. The maximum Gasteiger partial charge on any atom is 0.251 e. The molecule has 3 heterocycles. The van der Waals surface area contributed by atoms with E-state index >= 15 is 4.79 Å². The SMILES string of the molecule is C=CCN(CCC)C(=O)[C@H]1[C@H]2C(=O)N([C@@H](CO)[C@@H](C)CC)C(C(=O)N(CC=C)c3ccc4ccccc4c3)C23CC(Br)[C@@H]1S3. The highest BCUT2D eigenvalue weighted by Gasteiger charge is 2.76. The highest BCUT2D eigenvalue weighted by atomic mass is 79.9. The third-order valence-electron chi connectivity index (χ3n) is 9.87. The molecule has 9 heteroatoms. The Kier molecular flexibility index (Phi) is 9.97. The maximum absolute atomic E-state index is 15.1. The van der Waals surface area contributed by atoms with Gasteiger partial charge in [-0.15, -0.1) is 24.9 Å². The van der Waals surface area contributed by atoms with E-state index in [4.69, 9.17) is 0 Å². The molecule has 2 aromatic carbocycles. The van der Waals surface area contributed by atoms with Gasteiger partial charge in [-0.25, -0.2) is 0 Å². The summed E-state index contributed by atoms with van der Waals surface area (Å²) in [6.07, 6.45) is 5.55. The predicted octanol–water partition coefficient (Wildman–Crippen LogP) is 5.66. The van der Waals surface area contributed by atoms with Crippen molar-refractivity contribution in [2.75, 3.05) is 31.1 Å². The van der Waals surface area contributed by atoms with Crippen LogP contribution in [0, 0.1) is 17.8 Å². The Balaban J connectivity index is 1.64. The molecule has 3 aliphatic heterocycles. The summed E-state index contributed by atoms with van der Waals surface area (Å²) in [6.45, 7) is 14.9. The van der Waals surface area contributed by atoms with E-state index < -0.39 is 28.7 Å². The van der Waals surface area contributed by atoms with E-state index in [1.165, 1.54) is 0 Å². The molecule has 0 aromatic heterocycles. The number of amides is 3. The number of anilines is 1. The number of alkyl halides is 1. The standard InChI is InChI=1S/C35H44BrN3O4S/c1-6-16-37(17-7-2)32(41)28-29-33(42)39(27(21-40)22(5)9-4)31(35(29)20-26(36)30(28)44-35)34(43)38(18-8-3)25-15-14-23-12-10-11-13-24(23)19-25/h6,8,10-15,19,22,26-31,40H,1,3,7,9,16-18,20-21H2,2,4-5H3/t22-,26?,27-,28-,29-,30-,31?,35?/m0/s1. The zero-order valence-electron chi connectivity index (χ0n) is 25.9. The van der Waals surface area contributed by atoms with E-state index in [1.54, 1.807) is 38.6 Å². The molecule has 2 bridgehead atoms.